The van der Waals surface area contributed by atoms with E-state index in [0.29, 0.717) is 0 Å². The summed E-state index contributed by atoms with van der Waals surface area (Å²) in [5.74, 6) is 2.88. The van der Waals surface area contributed by atoms with Gasteiger partial charge in [0.1, 0.15) is 0 Å². The number of non-ortho nitro benzene ring substituents is 1. The second kappa shape index (κ2) is 8.27. The minimum atomic E-state index is -0.311. The third kappa shape index (κ3) is 4.92. The van der Waals surface area contributed by atoms with Gasteiger partial charge in [0.25, 0.3) is 5.69 Å². The van der Waals surface area contributed by atoms with Crippen LogP contribution in [0.4, 0.5) is 11.4 Å². The first-order valence-corrected chi connectivity index (χ1v) is 8.95. The van der Waals surface area contributed by atoms with Gasteiger partial charge in [0, 0.05) is 30.1 Å². The predicted octanol–water partition coefficient (Wildman–Crippen LogP) is 4.84. The maximum Gasteiger partial charge on any atom is 0.269 e. The molecule has 0 saturated heterocycles. The molecule has 4 nitrogen and oxygen atoms in total. The van der Waals surface area contributed by atoms with Gasteiger partial charge < -0.3 is 5.32 Å². The molecular weight excluding hydrogens is 284 g/mol. The Kier molecular flexibility index (Phi) is 6.36. The summed E-state index contributed by atoms with van der Waals surface area (Å²) >= 11 is 1.91. The number of benzene rings is 1. The van der Waals surface area contributed by atoms with Gasteiger partial charge >= 0.3 is 0 Å². The number of nitro benzene ring substituents is 1. The van der Waals surface area contributed by atoms with Gasteiger partial charge in [-0.2, -0.15) is 11.8 Å². The molecule has 0 bridgehead atoms. The predicted molar refractivity (Wildman–Crippen MR) is 90.0 cm³/mol. The third-order valence-electron chi connectivity index (χ3n) is 3.95. The van der Waals surface area contributed by atoms with Gasteiger partial charge in [-0.05, 0) is 42.6 Å². The highest BCUT2D eigenvalue weighted by molar-refractivity contribution is 7.98. The Bertz CT molecular complexity index is 473. The number of hydrogen-bond acceptors (Lipinski definition) is 4. The SMILES string of the molecule is CCCNc1ccc([N+](=O)[O-])cc1CSCC1CCCC1. The van der Waals surface area contributed by atoms with Gasteiger partial charge in [0.05, 0.1) is 4.92 Å². The van der Waals surface area contributed by atoms with Crippen LogP contribution in [0.25, 0.3) is 0 Å². The smallest absolute Gasteiger partial charge is 0.269 e. The summed E-state index contributed by atoms with van der Waals surface area (Å²) in [6, 6.07) is 5.15. The summed E-state index contributed by atoms with van der Waals surface area (Å²) in [6.07, 6.45) is 6.48. The molecule has 1 aliphatic rings. The molecule has 1 saturated carbocycles. The average Bonchev–Trinajstić information content (AvgIpc) is 2.99. The van der Waals surface area contributed by atoms with Crippen LogP contribution in [0.2, 0.25) is 0 Å². The van der Waals surface area contributed by atoms with Gasteiger partial charge in [-0.15, -0.1) is 0 Å². The summed E-state index contributed by atoms with van der Waals surface area (Å²) in [5.41, 5.74) is 2.29. The summed E-state index contributed by atoms with van der Waals surface area (Å²) in [7, 11) is 0. The monoisotopic (exact) mass is 308 g/mol. The van der Waals surface area contributed by atoms with Crippen molar-refractivity contribution in [3.8, 4) is 0 Å². The van der Waals surface area contributed by atoms with E-state index >= 15 is 0 Å². The van der Waals surface area contributed by atoms with Gasteiger partial charge in [0.15, 0.2) is 0 Å². The van der Waals surface area contributed by atoms with Crippen molar-refractivity contribution in [1.29, 1.82) is 0 Å². The normalized spacial score (nSPS) is 15.3. The number of thioether (sulfide) groups is 1. The number of rotatable bonds is 8. The molecule has 0 radical (unpaired) electrons. The highest BCUT2D eigenvalue weighted by Crippen LogP contribution is 2.31. The molecule has 116 valence electrons. The molecule has 2 rings (SSSR count). The van der Waals surface area contributed by atoms with E-state index in [1.165, 1.54) is 31.4 Å². The summed E-state index contributed by atoms with van der Waals surface area (Å²) < 4.78 is 0. The Morgan fingerprint density at radius 2 is 2.14 bits per heavy atom. The van der Waals surface area contributed by atoms with E-state index in [1.807, 2.05) is 17.8 Å². The molecule has 1 aromatic carbocycles. The minimum Gasteiger partial charge on any atom is -0.385 e. The van der Waals surface area contributed by atoms with Gasteiger partial charge in [0.2, 0.25) is 0 Å². The Morgan fingerprint density at radius 3 is 2.81 bits per heavy atom. The maximum absolute atomic E-state index is 10.9. The van der Waals surface area contributed by atoms with E-state index < -0.39 is 0 Å². The molecule has 0 unspecified atom stereocenters. The second-order valence-corrected chi connectivity index (χ2v) is 6.72. The molecule has 0 atom stereocenters. The van der Waals surface area contributed by atoms with Crippen LogP contribution in [-0.4, -0.2) is 17.2 Å². The lowest BCUT2D eigenvalue weighted by Crippen LogP contribution is -2.04. The largest absolute Gasteiger partial charge is 0.385 e. The number of nitrogens with zero attached hydrogens (tertiary/aromatic N) is 1. The van der Waals surface area contributed by atoms with E-state index in [0.717, 1.165) is 35.9 Å². The van der Waals surface area contributed by atoms with Gasteiger partial charge in [-0.25, -0.2) is 0 Å². The average molecular weight is 308 g/mol. The van der Waals surface area contributed by atoms with E-state index in [4.69, 9.17) is 0 Å². The molecular formula is C16H24N2O2S. The van der Waals surface area contributed by atoms with Crippen LogP contribution in [0.5, 0.6) is 0 Å². The Balaban J connectivity index is 1.98. The number of anilines is 1. The molecule has 21 heavy (non-hydrogen) atoms. The van der Waals surface area contributed by atoms with Crippen molar-refractivity contribution in [1.82, 2.24) is 0 Å². The summed E-state index contributed by atoms with van der Waals surface area (Å²) in [4.78, 5) is 10.6. The van der Waals surface area contributed by atoms with E-state index in [2.05, 4.69) is 12.2 Å². The van der Waals surface area contributed by atoms with Crippen molar-refractivity contribution in [3.63, 3.8) is 0 Å². The minimum absolute atomic E-state index is 0.188. The fourth-order valence-electron chi connectivity index (χ4n) is 2.76. The molecule has 1 fully saturated rings. The van der Waals surface area contributed by atoms with Crippen molar-refractivity contribution in [2.45, 2.75) is 44.8 Å². The Morgan fingerprint density at radius 1 is 1.38 bits per heavy atom. The molecule has 5 heteroatoms. The van der Waals surface area contributed by atoms with Crippen LogP contribution in [0.15, 0.2) is 18.2 Å². The van der Waals surface area contributed by atoms with Crippen molar-refractivity contribution < 1.29 is 4.92 Å². The van der Waals surface area contributed by atoms with Crippen molar-refractivity contribution >= 4 is 23.1 Å². The molecule has 1 aliphatic carbocycles. The molecule has 1 aromatic rings. The number of nitro groups is 1. The van der Waals surface area contributed by atoms with E-state index in [9.17, 15) is 10.1 Å². The lowest BCUT2D eigenvalue weighted by atomic mass is 10.1. The first-order valence-electron chi connectivity index (χ1n) is 7.79. The summed E-state index contributed by atoms with van der Waals surface area (Å²) in [6.45, 7) is 3.02. The van der Waals surface area contributed by atoms with Crippen molar-refractivity contribution in [2.24, 2.45) is 5.92 Å². The standard InChI is InChI=1S/C16H24N2O2S/c1-2-9-17-16-8-7-15(18(19)20)10-14(16)12-21-11-13-5-3-4-6-13/h7-8,10,13,17H,2-6,9,11-12H2,1H3. The molecule has 0 amide bonds. The van der Waals surface area contributed by atoms with Gasteiger partial charge in [-0.3, -0.25) is 10.1 Å². The quantitative estimate of drug-likeness (QED) is 0.551. The number of hydrogen-bond donors (Lipinski definition) is 1. The third-order valence-corrected chi connectivity index (χ3v) is 5.17. The molecule has 0 aliphatic heterocycles. The fraction of sp³-hybridized carbons (Fsp3) is 0.625. The lowest BCUT2D eigenvalue weighted by molar-refractivity contribution is -0.384. The zero-order chi connectivity index (χ0) is 15.1. The van der Waals surface area contributed by atoms with Crippen LogP contribution in [0, 0.1) is 16.0 Å². The Hall–Kier alpha value is -1.23. The first-order chi connectivity index (χ1) is 10.2. The number of nitrogens with one attached hydrogen (secondary N) is 1. The summed E-state index contributed by atoms with van der Waals surface area (Å²) in [5, 5.41) is 14.3. The van der Waals surface area contributed by atoms with Crippen molar-refractivity contribution in [3.05, 3.63) is 33.9 Å². The van der Waals surface area contributed by atoms with E-state index in [-0.39, 0.29) is 10.6 Å². The highest BCUT2D eigenvalue weighted by Gasteiger charge is 2.16. The van der Waals surface area contributed by atoms with Crippen LogP contribution in [0.1, 0.15) is 44.6 Å². The van der Waals surface area contributed by atoms with Gasteiger partial charge in [-0.1, -0.05) is 19.8 Å². The Labute approximate surface area is 130 Å². The van der Waals surface area contributed by atoms with Crippen LogP contribution >= 0.6 is 11.8 Å². The van der Waals surface area contributed by atoms with Crippen LogP contribution < -0.4 is 5.32 Å². The maximum atomic E-state index is 10.9. The zero-order valence-corrected chi connectivity index (χ0v) is 13.5. The molecule has 0 heterocycles. The molecule has 1 N–H and O–H groups in total. The van der Waals surface area contributed by atoms with Crippen molar-refractivity contribution in [2.75, 3.05) is 17.6 Å². The first kappa shape index (κ1) is 16.1. The van der Waals surface area contributed by atoms with E-state index in [1.54, 1.807) is 12.1 Å². The molecule has 0 spiro atoms. The fourth-order valence-corrected chi connectivity index (χ4v) is 4.00. The lowest BCUT2D eigenvalue weighted by Gasteiger charge is -2.13. The second-order valence-electron chi connectivity index (χ2n) is 5.69. The van der Waals surface area contributed by atoms with Crippen LogP contribution in [-0.2, 0) is 5.75 Å². The molecule has 0 aromatic heterocycles. The van der Waals surface area contributed by atoms with Crippen LogP contribution in [0.3, 0.4) is 0 Å². The zero-order valence-electron chi connectivity index (χ0n) is 12.6. The highest BCUT2D eigenvalue weighted by atomic mass is 32.2. The topological polar surface area (TPSA) is 55.2 Å².